The second-order valence-corrected chi connectivity index (χ2v) is 10.3. The van der Waals surface area contributed by atoms with Crippen LogP contribution in [0.15, 0.2) is 11.8 Å². The molecule has 4 aliphatic rings. The highest BCUT2D eigenvalue weighted by molar-refractivity contribution is 5.88. The van der Waals surface area contributed by atoms with E-state index >= 15 is 0 Å². The lowest BCUT2D eigenvalue weighted by Crippen LogP contribution is -2.53. The van der Waals surface area contributed by atoms with Gasteiger partial charge in [-0.1, -0.05) is 12.8 Å². The lowest BCUT2D eigenvalue weighted by atomic mass is 9.77. The van der Waals surface area contributed by atoms with Crippen molar-refractivity contribution in [2.24, 2.45) is 11.8 Å². The van der Waals surface area contributed by atoms with Gasteiger partial charge in [0.15, 0.2) is 0 Å². The molecule has 1 saturated heterocycles. The van der Waals surface area contributed by atoms with Crippen LogP contribution in [0.5, 0.6) is 0 Å². The average molecular weight is 448 g/mol. The molecule has 180 valence electrons. The predicted molar refractivity (Wildman–Crippen MR) is 123 cm³/mol. The number of carbonyl (C=O) groups excluding carboxylic acids is 2. The van der Waals surface area contributed by atoms with Crippen molar-refractivity contribution in [2.45, 2.75) is 83.0 Å². The second-order valence-electron chi connectivity index (χ2n) is 10.3. The molecule has 4 atom stereocenters. The molecule has 0 radical (unpaired) electrons. The van der Waals surface area contributed by atoms with Gasteiger partial charge in [0.25, 0.3) is 0 Å². The van der Waals surface area contributed by atoms with Crippen LogP contribution in [0.3, 0.4) is 0 Å². The summed E-state index contributed by atoms with van der Waals surface area (Å²) in [6, 6.07) is 0. The van der Waals surface area contributed by atoms with E-state index in [9.17, 15) is 9.59 Å². The van der Waals surface area contributed by atoms with Crippen LogP contribution >= 0.6 is 0 Å². The molecule has 3 fully saturated rings. The van der Waals surface area contributed by atoms with Crippen LogP contribution in [-0.2, 0) is 19.1 Å². The van der Waals surface area contributed by atoms with Crippen molar-refractivity contribution in [3.63, 3.8) is 0 Å². The van der Waals surface area contributed by atoms with Crippen LogP contribution in [0.1, 0.15) is 65.2 Å². The number of allylic oxidation sites excluding steroid dienone is 1. The highest BCUT2D eigenvalue weighted by atomic mass is 16.5. The van der Waals surface area contributed by atoms with Gasteiger partial charge in [0, 0.05) is 63.0 Å². The van der Waals surface area contributed by atoms with E-state index in [1.54, 1.807) is 7.11 Å². The first-order chi connectivity index (χ1) is 15.4. The third-order valence-electron chi connectivity index (χ3n) is 7.90. The molecule has 7 heteroatoms. The van der Waals surface area contributed by atoms with Gasteiger partial charge < -0.3 is 24.6 Å². The summed E-state index contributed by atoms with van der Waals surface area (Å²) in [5.74, 6) is -0.0279. The Morgan fingerprint density at radius 2 is 1.78 bits per heavy atom. The minimum Gasteiger partial charge on any atom is -0.375 e. The molecule has 7 nitrogen and oxygen atoms in total. The van der Waals surface area contributed by atoms with Gasteiger partial charge >= 0.3 is 0 Å². The van der Waals surface area contributed by atoms with Crippen LogP contribution in [0, 0.1) is 11.8 Å². The first kappa shape index (κ1) is 23.6. The van der Waals surface area contributed by atoms with E-state index < -0.39 is 0 Å². The zero-order valence-corrected chi connectivity index (χ0v) is 20.1. The molecule has 0 aromatic rings. The van der Waals surface area contributed by atoms with Crippen molar-refractivity contribution in [3.8, 4) is 0 Å². The Labute approximate surface area is 192 Å². The van der Waals surface area contributed by atoms with E-state index in [1.165, 1.54) is 5.70 Å². The number of piperazine rings is 1. The maximum atomic E-state index is 13.4. The minimum atomic E-state index is -0.161. The smallest absolute Gasteiger partial charge is 0.226 e. The Morgan fingerprint density at radius 3 is 2.41 bits per heavy atom. The van der Waals surface area contributed by atoms with E-state index in [-0.39, 0.29) is 41.4 Å². The molecule has 1 N–H and O–H groups in total. The predicted octanol–water partition coefficient (Wildman–Crippen LogP) is 2.70. The van der Waals surface area contributed by atoms with Crippen LogP contribution in [0.4, 0.5) is 0 Å². The van der Waals surface area contributed by atoms with Gasteiger partial charge in [0.2, 0.25) is 11.8 Å². The topological polar surface area (TPSA) is 71.1 Å². The Bertz CT molecular complexity index is 712. The summed E-state index contributed by atoms with van der Waals surface area (Å²) >= 11 is 0. The number of ether oxygens (including phenoxy) is 2. The fourth-order valence-electron chi connectivity index (χ4n) is 5.60. The van der Waals surface area contributed by atoms with E-state index in [1.807, 2.05) is 11.8 Å². The summed E-state index contributed by atoms with van der Waals surface area (Å²) in [4.78, 5) is 30.7. The van der Waals surface area contributed by atoms with Crippen molar-refractivity contribution in [2.75, 3.05) is 39.9 Å². The molecule has 1 aliphatic heterocycles. The molecule has 0 aromatic carbocycles. The quantitative estimate of drug-likeness (QED) is 0.650. The van der Waals surface area contributed by atoms with Crippen molar-refractivity contribution in [1.82, 2.24) is 15.1 Å². The van der Waals surface area contributed by atoms with Gasteiger partial charge in [-0.3, -0.25) is 9.59 Å². The summed E-state index contributed by atoms with van der Waals surface area (Å²) in [6.45, 7) is 7.97. The Hall–Kier alpha value is -1.60. The normalized spacial score (nSPS) is 32.3. The average Bonchev–Trinajstić information content (AvgIpc) is 3.55. The highest BCUT2D eigenvalue weighted by Gasteiger charge is 2.44. The van der Waals surface area contributed by atoms with Crippen molar-refractivity contribution < 1.29 is 19.1 Å². The van der Waals surface area contributed by atoms with Crippen LogP contribution in [0.25, 0.3) is 0 Å². The minimum absolute atomic E-state index is 0.00630. The lowest BCUT2D eigenvalue weighted by Gasteiger charge is -2.42. The second kappa shape index (κ2) is 10.1. The maximum absolute atomic E-state index is 13.4. The maximum Gasteiger partial charge on any atom is 0.226 e. The molecule has 2 amide bonds. The molecule has 0 aromatic heterocycles. The number of amides is 2. The largest absolute Gasteiger partial charge is 0.375 e. The Balaban J connectivity index is 1.33. The summed E-state index contributed by atoms with van der Waals surface area (Å²) in [5.41, 5.74) is 1.29. The fraction of sp³-hybridized carbons (Fsp3) is 0.840. The summed E-state index contributed by atoms with van der Waals surface area (Å²) < 4.78 is 11.5. The molecule has 0 bridgehead atoms. The van der Waals surface area contributed by atoms with Gasteiger partial charge in [-0.15, -0.1) is 0 Å². The van der Waals surface area contributed by atoms with Gasteiger partial charge in [-0.2, -0.15) is 0 Å². The number of nitrogens with one attached hydrogen (secondary N) is 1. The van der Waals surface area contributed by atoms with Crippen molar-refractivity contribution >= 4 is 11.8 Å². The summed E-state index contributed by atoms with van der Waals surface area (Å²) in [6.07, 6.45) is 10.2. The molecular weight excluding hydrogens is 406 g/mol. The molecule has 0 spiro atoms. The van der Waals surface area contributed by atoms with Gasteiger partial charge in [-0.25, -0.2) is 0 Å². The Kier molecular flexibility index (Phi) is 7.45. The van der Waals surface area contributed by atoms with Crippen LogP contribution in [0.2, 0.25) is 0 Å². The third kappa shape index (κ3) is 5.30. The molecular formula is C25H41N3O4. The standard InChI is InChI=1S/C25H41N3O4/c1-4-32-21-10-9-18(17-22(21)31-3)27-13-15-28(16-14-27)24(30)20-8-6-5-7-19(20)23(29)26-25(2)11-12-25/h17,19-22H,4-16H2,1-3H3,(H,26,29)/t19?,20-,21?,22?/m1/s1. The van der Waals surface area contributed by atoms with E-state index in [0.717, 1.165) is 77.5 Å². The van der Waals surface area contributed by atoms with Crippen LogP contribution in [-0.4, -0.2) is 79.3 Å². The summed E-state index contributed by atoms with van der Waals surface area (Å²) in [5, 5.41) is 3.21. The molecule has 32 heavy (non-hydrogen) atoms. The van der Waals surface area contributed by atoms with E-state index in [4.69, 9.17) is 9.47 Å². The SMILES string of the molecule is CCOC1CCC(N2CCN(C(=O)[C@@H]3CCCCC3C(=O)NC3(C)CC3)CC2)=CC1OC. The third-order valence-corrected chi connectivity index (χ3v) is 7.90. The van der Waals surface area contributed by atoms with E-state index in [0.29, 0.717) is 6.61 Å². The van der Waals surface area contributed by atoms with Crippen molar-refractivity contribution in [3.05, 3.63) is 11.8 Å². The van der Waals surface area contributed by atoms with Crippen molar-refractivity contribution in [1.29, 1.82) is 0 Å². The van der Waals surface area contributed by atoms with Crippen LogP contribution < -0.4 is 5.32 Å². The molecule has 1 heterocycles. The highest BCUT2D eigenvalue weighted by Crippen LogP contribution is 2.37. The Morgan fingerprint density at radius 1 is 1.09 bits per heavy atom. The molecule has 4 rings (SSSR count). The number of hydrogen-bond acceptors (Lipinski definition) is 5. The number of methoxy groups -OCH3 is 1. The first-order valence-corrected chi connectivity index (χ1v) is 12.6. The van der Waals surface area contributed by atoms with Gasteiger partial charge in [0.05, 0.1) is 6.10 Å². The lowest BCUT2D eigenvalue weighted by molar-refractivity contribution is -0.145. The number of nitrogens with zero attached hydrogens (tertiary/aromatic N) is 2. The first-order valence-electron chi connectivity index (χ1n) is 12.6. The van der Waals surface area contributed by atoms with Gasteiger partial charge in [0.1, 0.15) is 6.10 Å². The number of carbonyl (C=O) groups is 2. The molecule has 3 unspecified atom stereocenters. The monoisotopic (exact) mass is 447 g/mol. The molecule has 3 aliphatic carbocycles. The van der Waals surface area contributed by atoms with Gasteiger partial charge in [-0.05, 0) is 58.4 Å². The number of hydrogen-bond donors (Lipinski definition) is 1. The zero-order chi connectivity index (χ0) is 22.7. The van der Waals surface area contributed by atoms with E-state index in [2.05, 4.69) is 23.2 Å². The molecule has 2 saturated carbocycles. The zero-order valence-electron chi connectivity index (χ0n) is 20.1. The number of rotatable bonds is 7. The summed E-state index contributed by atoms with van der Waals surface area (Å²) in [7, 11) is 1.74. The fourth-order valence-corrected chi connectivity index (χ4v) is 5.60.